The van der Waals surface area contributed by atoms with E-state index in [1.54, 1.807) is 17.9 Å². The van der Waals surface area contributed by atoms with Gasteiger partial charge in [-0.15, -0.1) is 0 Å². The summed E-state index contributed by atoms with van der Waals surface area (Å²) in [6, 6.07) is 0. The first-order valence-electron chi connectivity index (χ1n) is 6.51. The van der Waals surface area contributed by atoms with E-state index >= 15 is 0 Å². The second-order valence-electron chi connectivity index (χ2n) is 4.76. The van der Waals surface area contributed by atoms with Crippen LogP contribution in [0, 0.1) is 6.92 Å². The number of nitrogens with one attached hydrogen (secondary N) is 1. The fourth-order valence-corrected chi connectivity index (χ4v) is 1.94. The summed E-state index contributed by atoms with van der Waals surface area (Å²) in [6.45, 7) is 3.08. The predicted molar refractivity (Wildman–Crippen MR) is 74.1 cm³/mol. The van der Waals surface area contributed by atoms with Crippen molar-refractivity contribution in [1.82, 2.24) is 24.9 Å². The molecule has 0 aliphatic rings. The molecule has 2 aromatic rings. The van der Waals surface area contributed by atoms with Crippen LogP contribution in [0.25, 0.3) is 0 Å². The Balaban J connectivity index is 1.86. The van der Waals surface area contributed by atoms with Gasteiger partial charge >= 0.3 is 5.97 Å². The van der Waals surface area contributed by atoms with Gasteiger partial charge in [-0.05, 0) is 18.9 Å². The number of amides is 1. The van der Waals surface area contributed by atoms with Gasteiger partial charge in [0.25, 0.3) is 5.91 Å². The van der Waals surface area contributed by atoms with Crippen LogP contribution in [0.3, 0.4) is 0 Å². The number of aromatic nitrogens is 4. The molecule has 112 valence electrons. The maximum absolute atomic E-state index is 11.9. The Kier molecular flexibility index (Phi) is 4.36. The third-order valence-electron chi connectivity index (χ3n) is 2.89. The van der Waals surface area contributed by atoms with E-state index in [0.29, 0.717) is 19.5 Å². The number of rotatable bonds is 6. The van der Waals surface area contributed by atoms with E-state index < -0.39 is 11.9 Å². The van der Waals surface area contributed by atoms with Gasteiger partial charge < -0.3 is 10.4 Å². The van der Waals surface area contributed by atoms with Crippen LogP contribution in [-0.4, -0.2) is 43.1 Å². The number of carboxylic acids is 1. The zero-order valence-corrected chi connectivity index (χ0v) is 11.9. The van der Waals surface area contributed by atoms with E-state index in [9.17, 15) is 9.59 Å². The Bertz CT molecular complexity index is 659. The minimum absolute atomic E-state index is 0.0694. The van der Waals surface area contributed by atoms with Gasteiger partial charge in [-0.25, -0.2) is 4.79 Å². The summed E-state index contributed by atoms with van der Waals surface area (Å²) < 4.78 is 3.11. The lowest BCUT2D eigenvalue weighted by molar-refractivity contribution is 0.0684. The van der Waals surface area contributed by atoms with E-state index in [1.807, 2.05) is 13.1 Å². The number of aryl methyl sites for hydroxylation is 3. The second kappa shape index (κ2) is 6.21. The zero-order chi connectivity index (χ0) is 15.4. The number of carboxylic acid groups (broad SMARTS) is 1. The molecule has 0 atom stereocenters. The standard InChI is InChI=1S/C13H17N5O3/c1-9-6-15-18(7-9)5-3-4-14-12(19)10-8-17(2)16-11(10)13(20)21/h6-8H,3-5H2,1-2H3,(H,14,19)(H,20,21). The fourth-order valence-electron chi connectivity index (χ4n) is 1.94. The van der Waals surface area contributed by atoms with Crippen LogP contribution < -0.4 is 5.32 Å². The highest BCUT2D eigenvalue weighted by atomic mass is 16.4. The molecule has 21 heavy (non-hydrogen) atoms. The molecular weight excluding hydrogens is 274 g/mol. The highest BCUT2D eigenvalue weighted by Gasteiger charge is 2.20. The van der Waals surface area contributed by atoms with E-state index in [0.717, 1.165) is 5.56 Å². The largest absolute Gasteiger partial charge is 0.476 e. The van der Waals surface area contributed by atoms with E-state index in [1.165, 1.54) is 10.9 Å². The van der Waals surface area contributed by atoms with Crippen LogP contribution in [0.15, 0.2) is 18.6 Å². The van der Waals surface area contributed by atoms with Crippen LogP contribution in [0.4, 0.5) is 0 Å². The number of carbonyl (C=O) groups excluding carboxylic acids is 1. The number of nitrogens with zero attached hydrogens (tertiary/aromatic N) is 4. The lowest BCUT2D eigenvalue weighted by Gasteiger charge is -2.04. The summed E-state index contributed by atoms with van der Waals surface area (Å²) in [5.41, 5.74) is 0.915. The molecule has 0 spiro atoms. The van der Waals surface area contributed by atoms with Gasteiger partial charge in [-0.1, -0.05) is 0 Å². The topological polar surface area (TPSA) is 102 Å². The first-order valence-corrected chi connectivity index (χ1v) is 6.51. The van der Waals surface area contributed by atoms with Crippen molar-refractivity contribution in [2.75, 3.05) is 6.54 Å². The van der Waals surface area contributed by atoms with Gasteiger partial charge in [0.05, 0.1) is 11.8 Å². The Morgan fingerprint density at radius 3 is 2.76 bits per heavy atom. The normalized spacial score (nSPS) is 10.6. The minimum Gasteiger partial charge on any atom is -0.476 e. The average molecular weight is 291 g/mol. The van der Waals surface area contributed by atoms with Crippen molar-refractivity contribution >= 4 is 11.9 Å². The molecule has 0 saturated carbocycles. The summed E-state index contributed by atoms with van der Waals surface area (Å²) in [4.78, 5) is 22.9. The molecule has 2 heterocycles. The molecule has 0 unspecified atom stereocenters. The van der Waals surface area contributed by atoms with Crippen LogP contribution in [0.1, 0.15) is 32.8 Å². The van der Waals surface area contributed by atoms with Crippen LogP contribution in [0.5, 0.6) is 0 Å². The summed E-state index contributed by atoms with van der Waals surface area (Å²) in [6.07, 6.45) is 5.80. The van der Waals surface area contributed by atoms with Crippen molar-refractivity contribution in [2.45, 2.75) is 19.9 Å². The zero-order valence-electron chi connectivity index (χ0n) is 11.9. The molecular formula is C13H17N5O3. The average Bonchev–Trinajstić information content (AvgIpc) is 3.00. The van der Waals surface area contributed by atoms with Gasteiger partial charge in [0.1, 0.15) is 0 Å². The molecule has 1 amide bonds. The maximum Gasteiger partial charge on any atom is 0.357 e. The summed E-state index contributed by atoms with van der Waals surface area (Å²) >= 11 is 0. The van der Waals surface area contributed by atoms with E-state index in [4.69, 9.17) is 5.11 Å². The lowest BCUT2D eigenvalue weighted by atomic mass is 10.2. The van der Waals surface area contributed by atoms with Crippen molar-refractivity contribution < 1.29 is 14.7 Å². The van der Waals surface area contributed by atoms with Crippen molar-refractivity contribution in [1.29, 1.82) is 0 Å². The smallest absolute Gasteiger partial charge is 0.357 e. The Morgan fingerprint density at radius 1 is 1.38 bits per heavy atom. The van der Waals surface area contributed by atoms with Gasteiger partial charge in [-0.3, -0.25) is 14.2 Å². The molecule has 8 nitrogen and oxygen atoms in total. The molecule has 0 radical (unpaired) electrons. The van der Waals surface area contributed by atoms with E-state index in [2.05, 4.69) is 15.5 Å². The summed E-state index contributed by atoms with van der Waals surface area (Å²) in [5.74, 6) is -1.65. The van der Waals surface area contributed by atoms with E-state index in [-0.39, 0.29) is 11.3 Å². The highest BCUT2D eigenvalue weighted by Crippen LogP contribution is 2.06. The summed E-state index contributed by atoms with van der Waals surface area (Å²) in [7, 11) is 1.57. The molecule has 8 heteroatoms. The molecule has 2 aromatic heterocycles. The van der Waals surface area contributed by atoms with Crippen LogP contribution in [-0.2, 0) is 13.6 Å². The molecule has 0 aliphatic carbocycles. The minimum atomic E-state index is -1.22. The molecule has 0 aliphatic heterocycles. The van der Waals surface area contributed by atoms with Crippen LogP contribution >= 0.6 is 0 Å². The van der Waals surface area contributed by atoms with Gasteiger partial charge in [0, 0.05) is 32.5 Å². The quantitative estimate of drug-likeness (QED) is 0.752. The van der Waals surface area contributed by atoms with Crippen LogP contribution in [0.2, 0.25) is 0 Å². The second-order valence-corrected chi connectivity index (χ2v) is 4.76. The molecule has 2 rings (SSSR count). The number of aromatic carboxylic acids is 1. The van der Waals surface area contributed by atoms with Crippen molar-refractivity contribution in [3.8, 4) is 0 Å². The number of hydrogen-bond acceptors (Lipinski definition) is 4. The molecule has 0 bridgehead atoms. The SMILES string of the molecule is Cc1cnn(CCCNC(=O)c2cn(C)nc2C(=O)O)c1. The Morgan fingerprint density at radius 2 is 2.14 bits per heavy atom. The van der Waals surface area contributed by atoms with Crippen molar-refractivity contribution in [2.24, 2.45) is 7.05 Å². The molecule has 0 saturated heterocycles. The van der Waals surface area contributed by atoms with Gasteiger partial charge in [0.15, 0.2) is 5.69 Å². The fraction of sp³-hybridized carbons (Fsp3) is 0.385. The number of carbonyl (C=O) groups is 2. The first-order chi connectivity index (χ1) is 9.97. The monoisotopic (exact) mass is 291 g/mol. The summed E-state index contributed by atoms with van der Waals surface area (Å²) in [5, 5.41) is 19.6. The van der Waals surface area contributed by atoms with Crippen molar-refractivity contribution in [3.05, 3.63) is 35.4 Å². The van der Waals surface area contributed by atoms with Gasteiger partial charge in [0.2, 0.25) is 0 Å². The third-order valence-corrected chi connectivity index (χ3v) is 2.89. The maximum atomic E-state index is 11.9. The Labute approximate surface area is 121 Å². The van der Waals surface area contributed by atoms with Gasteiger partial charge in [-0.2, -0.15) is 10.2 Å². The molecule has 2 N–H and O–H groups in total. The third kappa shape index (κ3) is 3.68. The molecule has 0 fully saturated rings. The first kappa shape index (κ1) is 14.8. The predicted octanol–water partition coefficient (Wildman–Crippen LogP) is 0.443. The lowest BCUT2D eigenvalue weighted by Crippen LogP contribution is -2.26. The van der Waals surface area contributed by atoms with Crippen molar-refractivity contribution in [3.63, 3.8) is 0 Å². The Hall–Kier alpha value is -2.64. The highest BCUT2D eigenvalue weighted by molar-refractivity contribution is 6.03. The number of hydrogen-bond donors (Lipinski definition) is 2. The molecule has 0 aromatic carbocycles.